The van der Waals surface area contributed by atoms with E-state index in [9.17, 15) is 4.79 Å². The lowest BCUT2D eigenvalue weighted by atomic mass is 10.1. The van der Waals surface area contributed by atoms with Crippen molar-refractivity contribution < 1.29 is 14.3 Å². The van der Waals surface area contributed by atoms with Gasteiger partial charge in [0.15, 0.2) is 11.5 Å². The Morgan fingerprint density at radius 1 is 1.10 bits per heavy atom. The summed E-state index contributed by atoms with van der Waals surface area (Å²) >= 11 is 3.16. The summed E-state index contributed by atoms with van der Waals surface area (Å²) in [5, 5.41) is 4.92. The molecule has 0 radical (unpaired) electrons. The van der Waals surface area contributed by atoms with Gasteiger partial charge in [-0.1, -0.05) is 24.8 Å². The van der Waals surface area contributed by atoms with Crippen LogP contribution in [0.15, 0.2) is 29.3 Å². The van der Waals surface area contributed by atoms with Gasteiger partial charge < -0.3 is 14.8 Å². The second-order valence-electron chi connectivity index (χ2n) is 6.90. The second-order valence-corrected chi connectivity index (χ2v) is 8.98. The van der Waals surface area contributed by atoms with E-state index in [2.05, 4.69) is 28.3 Å². The standard InChI is InChI=1S/C23H29N3O3S2/c1-5-17-13-18-22(25-15(4)26-23(18)31-17)30-14-21(27)24-11-10-16-8-9-19(28-6-2)20(12-16)29-7-3/h8-9,12-13H,5-7,10-11,14H2,1-4H3,(H,24,27). The summed E-state index contributed by atoms with van der Waals surface area (Å²) in [6.07, 6.45) is 1.70. The average molecular weight is 460 g/mol. The minimum atomic E-state index is -0.00340. The maximum Gasteiger partial charge on any atom is 0.230 e. The number of hydrogen-bond donors (Lipinski definition) is 1. The van der Waals surface area contributed by atoms with Gasteiger partial charge in [0.25, 0.3) is 0 Å². The Morgan fingerprint density at radius 3 is 2.61 bits per heavy atom. The number of nitrogens with one attached hydrogen (secondary N) is 1. The molecule has 31 heavy (non-hydrogen) atoms. The average Bonchev–Trinajstić information content (AvgIpc) is 3.17. The summed E-state index contributed by atoms with van der Waals surface area (Å²) in [7, 11) is 0. The molecule has 0 saturated carbocycles. The van der Waals surface area contributed by atoms with Gasteiger partial charge in [-0.2, -0.15) is 0 Å². The highest BCUT2D eigenvalue weighted by atomic mass is 32.2. The van der Waals surface area contributed by atoms with Crippen LogP contribution in [0.3, 0.4) is 0 Å². The summed E-state index contributed by atoms with van der Waals surface area (Å²) in [6.45, 7) is 9.66. The molecule has 6 nitrogen and oxygen atoms in total. The van der Waals surface area contributed by atoms with Gasteiger partial charge in [-0.05, 0) is 57.4 Å². The van der Waals surface area contributed by atoms with E-state index in [1.807, 2.05) is 39.0 Å². The van der Waals surface area contributed by atoms with E-state index in [1.54, 1.807) is 11.3 Å². The monoisotopic (exact) mass is 459 g/mol. The van der Waals surface area contributed by atoms with E-state index >= 15 is 0 Å². The SMILES string of the molecule is CCOc1ccc(CCNC(=O)CSc2nc(C)nc3sc(CC)cc23)cc1OCC. The Bertz CT molecular complexity index is 1040. The third-order valence-electron chi connectivity index (χ3n) is 4.55. The van der Waals surface area contributed by atoms with Gasteiger partial charge in [-0.15, -0.1) is 11.3 Å². The van der Waals surface area contributed by atoms with Gasteiger partial charge in [-0.25, -0.2) is 9.97 Å². The topological polar surface area (TPSA) is 73.3 Å². The van der Waals surface area contributed by atoms with E-state index in [0.717, 1.165) is 51.0 Å². The number of ether oxygens (including phenoxy) is 2. The number of rotatable bonds is 11. The van der Waals surface area contributed by atoms with Crippen molar-refractivity contribution in [3.8, 4) is 11.5 Å². The normalized spacial score (nSPS) is 11.0. The molecule has 0 spiro atoms. The molecule has 3 aromatic rings. The van der Waals surface area contributed by atoms with Crippen LogP contribution in [0.5, 0.6) is 11.5 Å². The van der Waals surface area contributed by atoms with E-state index < -0.39 is 0 Å². The van der Waals surface area contributed by atoms with Crippen LogP contribution in [0, 0.1) is 6.92 Å². The summed E-state index contributed by atoms with van der Waals surface area (Å²) in [6, 6.07) is 8.06. The van der Waals surface area contributed by atoms with E-state index in [4.69, 9.17) is 9.47 Å². The van der Waals surface area contributed by atoms with Crippen molar-refractivity contribution in [3.05, 3.63) is 40.5 Å². The largest absolute Gasteiger partial charge is 0.490 e. The van der Waals surface area contributed by atoms with Gasteiger partial charge in [0.2, 0.25) is 5.91 Å². The lowest BCUT2D eigenvalue weighted by molar-refractivity contribution is -0.118. The highest BCUT2D eigenvalue weighted by molar-refractivity contribution is 8.00. The number of aromatic nitrogens is 2. The number of carbonyl (C=O) groups is 1. The lowest BCUT2D eigenvalue weighted by Gasteiger charge is -2.12. The first-order chi connectivity index (χ1) is 15.0. The molecule has 2 aromatic heterocycles. The van der Waals surface area contributed by atoms with Gasteiger partial charge in [-0.3, -0.25) is 4.79 Å². The van der Waals surface area contributed by atoms with Crippen LogP contribution in [0.1, 0.15) is 37.0 Å². The van der Waals surface area contributed by atoms with Crippen molar-refractivity contribution in [2.24, 2.45) is 0 Å². The minimum Gasteiger partial charge on any atom is -0.490 e. The fraction of sp³-hybridized carbons (Fsp3) is 0.435. The number of thiophene rings is 1. The Labute approximate surface area is 191 Å². The fourth-order valence-electron chi connectivity index (χ4n) is 3.11. The Hall–Kier alpha value is -2.32. The highest BCUT2D eigenvalue weighted by Gasteiger charge is 2.12. The second kappa shape index (κ2) is 11.3. The Balaban J connectivity index is 1.54. The van der Waals surface area contributed by atoms with Crippen LogP contribution in [-0.4, -0.2) is 41.4 Å². The third-order valence-corrected chi connectivity index (χ3v) is 6.72. The molecule has 0 bridgehead atoms. The van der Waals surface area contributed by atoms with Crippen molar-refractivity contribution >= 4 is 39.2 Å². The van der Waals surface area contributed by atoms with E-state index in [1.165, 1.54) is 16.6 Å². The molecule has 0 fully saturated rings. The zero-order valence-electron chi connectivity index (χ0n) is 18.5. The maximum absolute atomic E-state index is 12.4. The number of fused-ring (bicyclic) bond motifs is 1. The van der Waals surface area contributed by atoms with Gasteiger partial charge in [0.1, 0.15) is 15.7 Å². The zero-order valence-corrected chi connectivity index (χ0v) is 20.1. The molecule has 0 atom stereocenters. The summed E-state index contributed by atoms with van der Waals surface area (Å²) in [5.74, 6) is 2.56. The number of amides is 1. The first kappa shape index (κ1) is 23.3. The van der Waals surface area contributed by atoms with Crippen molar-refractivity contribution in [1.29, 1.82) is 0 Å². The molecule has 3 rings (SSSR count). The van der Waals surface area contributed by atoms with Crippen LogP contribution in [0.4, 0.5) is 0 Å². The van der Waals surface area contributed by atoms with Crippen LogP contribution >= 0.6 is 23.1 Å². The summed E-state index contributed by atoms with van der Waals surface area (Å²) < 4.78 is 11.3. The van der Waals surface area contributed by atoms with Crippen LogP contribution < -0.4 is 14.8 Å². The number of hydrogen-bond acceptors (Lipinski definition) is 7. The molecule has 0 aliphatic carbocycles. The van der Waals surface area contributed by atoms with Crippen LogP contribution in [-0.2, 0) is 17.6 Å². The predicted octanol–water partition coefficient (Wildman–Crippen LogP) is 4.81. The third kappa shape index (κ3) is 6.33. The highest BCUT2D eigenvalue weighted by Crippen LogP contribution is 2.32. The molecular weight excluding hydrogens is 430 g/mol. The molecule has 0 unspecified atom stereocenters. The van der Waals surface area contributed by atoms with Crippen molar-refractivity contribution in [3.63, 3.8) is 0 Å². The Morgan fingerprint density at radius 2 is 1.87 bits per heavy atom. The smallest absolute Gasteiger partial charge is 0.230 e. The number of thioether (sulfide) groups is 1. The van der Waals surface area contributed by atoms with Gasteiger partial charge in [0.05, 0.1) is 19.0 Å². The van der Waals surface area contributed by atoms with E-state index in [0.29, 0.717) is 25.5 Å². The molecule has 1 aromatic carbocycles. The van der Waals surface area contributed by atoms with Crippen molar-refractivity contribution in [2.75, 3.05) is 25.5 Å². The van der Waals surface area contributed by atoms with Gasteiger partial charge >= 0.3 is 0 Å². The van der Waals surface area contributed by atoms with Gasteiger partial charge in [0, 0.05) is 16.8 Å². The molecule has 8 heteroatoms. The molecule has 0 aliphatic heterocycles. The first-order valence-corrected chi connectivity index (χ1v) is 12.4. The van der Waals surface area contributed by atoms with Crippen molar-refractivity contribution in [2.45, 2.75) is 45.6 Å². The minimum absolute atomic E-state index is 0.00340. The maximum atomic E-state index is 12.4. The van der Waals surface area contributed by atoms with E-state index in [-0.39, 0.29) is 5.91 Å². The quantitative estimate of drug-likeness (QED) is 0.328. The van der Waals surface area contributed by atoms with Crippen LogP contribution in [0.25, 0.3) is 10.2 Å². The molecular formula is C23H29N3O3S2. The number of aryl methyl sites for hydroxylation is 2. The summed E-state index contributed by atoms with van der Waals surface area (Å²) in [4.78, 5) is 23.7. The fourth-order valence-corrected chi connectivity index (χ4v) is 5.07. The molecule has 0 saturated heterocycles. The number of carbonyl (C=O) groups excluding carboxylic acids is 1. The molecule has 0 aliphatic rings. The van der Waals surface area contributed by atoms with Crippen molar-refractivity contribution in [1.82, 2.24) is 15.3 Å². The number of nitrogens with zero attached hydrogens (tertiary/aromatic N) is 2. The molecule has 1 N–H and O–H groups in total. The molecule has 2 heterocycles. The summed E-state index contributed by atoms with van der Waals surface area (Å²) in [5.41, 5.74) is 1.10. The zero-order chi connectivity index (χ0) is 22.2. The lowest BCUT2D eigenvalue weighted by Crippen LogP contribution is -2.27. The molecule has 166 valence electrons. The molecule has 1 amide bonds. The number of benzene rings is 1. The van der Waals surface area contributed by atoms with Crippen LogP contribution in [0.2, 0.25) is 0 Å². The first-order valence-electron chi connectivity index (χ1n) is 10.6. The predicted molar refractivity (Wildman–Crippen MR) is 128 cm³/mol. The Kier molecular flexibility index (Phi) is 8.54.